The molecule has 1 fully saturated rings. The molecule has 7 heteroatoms. The number of nitrogens with zero attached hydrogens (tertiary/aromatic N) is 1. The highest BCUT2D eigenvalue weighted by Gasteiger charge is 2.27. The van der Waals surface area contributed by atoms with Crippen LogP contribution < -0.4 is 11.3 Å². The molecule has 0 radical (unpaired) electrons. The zero-order chi connectivity index (χ0) is 14.6. The number of hydrogen-bond donors (Lipinski definition) is 2. The molecule has 2 atom stereocenters. The van der Waals surface area contributed by atoms with Crippen LogP contribution in [0.25, 0.3) is 0 Å². The van der Waals surface area contributed by atoms with Crippen molar-refractivity contribution in [1.29, 1.82) is 0 Å². The minimum Gasteiger partial charge on any atom is -0.271 e. The second kappa shape index (κ2) is 7.00. The molecule has 0 bridgehead atoms. The molecule has 0 amide bonds. The summed E-state index contributed by atoms with van der Waals surface area (Å²) in [6, 6.07) is 2.31. The van der Waals surface area contributed by atoms with E-state index in [0.29, 0.717) is 19.0 Å². The fourth-order valence-electron chi connectivity index (χ4n) is 2.83. The Morgan fingerprint density at radius 2 is 2.40 bits per heavy atom. The normalized spacial score (nSPS) is 22.8. The molecule has 0 saturated carbocycles. The summed E-state index contributed by atoms with van der Waals surface area (Å²) in [5, 5.41) is 4.20. The highest BCUT2D eigenvalue weighted by Crippen LogP contribution is 2.24. The molecule has 2 unspecified atom stereocenters. The van der Waals surface area contributed by atoms with Crippen molar-refractivity contribution >= 4 is 21.4 Å². The second-order valence-corrected chi connectivity index (χ2v) is 8.33. The minimum absolute atomic E-state index is 0.203. The number of piperidine rings is 1. The van der Waals surface area contributed by atoms with Crippen LogP contribution in [0.4, 0.5) is 0 Å². The summed E-state index contributed by atoms with van der Waals surface area (Å²) < 4.78 is 24.9. The first-order chi connectivity index (χ1) is 9.49. The Morgan fingerprint density at radius 3 is 3.00 bits per heavy atom. The summed E-state index contributed by atoms with van der Waals surface area (Å²) in [6.07, 6.45) is 5.12. The van der Waals surface area contributed by atoms with Gasteiger partial charge in [-0.25, -0.2) is 12.7 Å². The molecule has 3 N–H and O–H groups in total. The van der Waals surface area contributed by atoms with Crippen LogP contribution in [0.2, 0.25) is 0 Å². The lowest BCUT2D eigenvalue weighted by atomic mass is 9.90. The lowest BCUT2D eigenvalue weighted by Crippen LogP contribution is -2.43. The predicted octanol–water partition coefficient (Wildman–Crippen LogP) is 1.18. The molecule has 2 rings (SSSR count). The first-order valence-corrected chi connectivity index (χ1v) is 9.70. The zero-order valence-electron chi connectivity index (χ0n) is 11.8. The van der Waals surface area contributed by atoms with E-state index in [-0.39, 0.29) is 6.04 Å². The van der Waals surface area contributed by atoms with Crippen molar-refractivity contribution in [3.63, 3.8) is 0 Å². The van der Waals surface area contributed by atoms with Gasteiger partial charge in [-0.1, -0.05) is 0 Å². The second-order valence-electron chi connectivity index (χ2n) is 5.56. The van der Waals surface area contributed by atoms with Crippen LogP contribution in [0, 0.1) is 5.92 Å². The Bertz CT molecular complexity index is 502. The van der Waals surface area contributed by atoms with Crippen molar-refractivity contribution in [1.82, 2.24) is 9.73 Å². The fraction of sp³-hybridized carbons (Fsp3) is 0.692. The van der Waals surface area contributed by atoms with E-state index in [9.17, 15) is 8.42 Å². The maximum Gasteiger partial charge on any atom is 0.211 e. The molecule has 20 heavy (non-hydrogen) atoms. The number of hydrogen-bond acceptors (Lipinski definition) is 5. The molecule has 0 spiro atoms. The van der Waals surface area contributed by atoms with Crippen LogP contribution in [0.1, 0.15) is 24.8 Å². The van der Waals surface area contributed by atoms with Gasteiger partial charge in [-0.15, -0.1) is 0 Å². The van der Waals surface area contributed by atoms with Gasteiger partial charge in [-0.3, -0.25) is 11.3 Å². The van der Waals surface area contributed by atoms with E-state index in [1.54, 1.807) is 15.6 Å². The van der Waals surface area contributed by atoms with Gasteiger partial charge in [0.2, 0.25) is 10.0 Å². The van der Waals surface area contributed by atoms with Crippen molar-refractivity contribution in [2.75, 3.05) is 19.3 Å². The van der Waals surface area contributed by atoms with Crippen molar-refractivity contribution < 1.29 is 8.42 Å². The van der Waals surface area contributed by atoms with Gasteiger partial charge >= 0.3 is 0 Å². The first kappa shape index (κ1) is 15.9. The summed E-state index contributed by atoms with van der Waals surface area (Å²) in [4.78, 5) is 0. The molecule has 5 nitrogen and oxygen atoms in total. The van der Waals surface area contributed by atoms with Crippen molar-refractivity contribution in [3.8, 4) is 0 Å². The van der Waals surface area contributed by atoms with Gasteiger partial charge in [-0.2, -0.15) is 11.3 Å². The number of sulfonamides is 1. The number of nitrogens with two attached hydrogens (primary N) is 1. The Balaban J connectivity index is 1.90. The van der Waals surface area contributed by atoms with E-state index >= 15 is 0 Å². The van der Waals surface area contributed by atoms with Crippen molar-refractivity contribution in [2.24, 2.45) is 11.8 Å². The topological polar surface area (TPSA) is 75.4 Å². The van der Waals surface area contributed by atoms with Crippen LogP contribution >= 0.6 is 11.3 Å². The molecule has 114 valence electrons. The van der Waals surface area contributed by atoms with Gasteiger partial charge in [0.15, 0.2) is 0 Å². The van der Waals surface area contributed by atoms with E-state index in [1.807, 2.05) is 0 Å². The zero-order valence-corrected chi connectivity index (χ0v) is 13.4. The number of thiophene rings is 1. The molecule has 1 aliphatic rings. The average molecular weight is 317 g/mol. The summed E-state index contributed by atoms with van der Waals surface area (Å²) in [5.74, 6) is 6.04. The summed E-state index contributed by atoms with van der Waals surface area (Å²) in [5.41, 5.74) is 4.16. The molecule has 2 heterocycles. The molecule has 1 saturated heterocycles. The van der Waals surface area contributed by atoms with Crippen LogP contribution in [0.5, 0.6) is 0 Å². The molecule has 1 aliphatic heterocycles. The standard InChI is InChI=1S/C13H23N3O2S2/c1-20(17,18)16-5-2-3-11(9-16)7-13(15-14)8-12-4-6-19-10-12/h4,6,10-11,13,15H,2-3,5,7-9,14H2,1H3. The van der Waals surface area contributed by atoms with E-state index in [1.165, 1.54) is 11.8 Å². The number of rotatable bonds is 6. The maximum atomic E-state index is 11.6. The Labute approximate surface area is 125 Å². The van der Waals surface area contributed by atoms with Crippen LogP contribution in [0.3, 0.4) is 0 Å². The quantitative estimate of drug-likeness (QED) is 0.610. The number of nitrogens with one attached hydrogen (secondary N) is 1. The molecular formula is C13H23N3O2S2. The molecular weight excluding hydrogens is 294 g/mol. The highest BCUT2D eigenvalue weighted by atomic mass is 32.2. The summed E-state index contributed by atoms with van der Waals surface area (Å²) >= 11 is 1.69. The van der Waals surface area contributed by atoms with Crippen LogP contribution in [-0.4, -0.2) is 38.1 Å². The monoisotopic (exact) mass is 317 g/mol. The van der Waals surface area contributed by atoms with Gasteiger partial charge in [0.25, 0.3) is 0 Å². The van der Waals surface area contributed by atoms with E-state index in [0.717, 1.165) is 25.7 Å². The van der Waals surface area contributed by atoms with Crippen LogP contribution in [-0.2, 0) is 16.4 Å². The average Bonchev–Trinajstić information content (AvgIpc) is 2.90. The van der Waals surface area contributed by atoms with Crippen LogP contribution in [0.15, 0.2) is 16.8 Å². The van der Waals surface area contributed by atoms with E-state index in [4.69, 9.17) is 5.84 Å². The lowest BCUT2D eigenvalue weighted by molar-refractivity contribution is 0.237. The Morgan fingerprint density at radius 1 is 1.60 bits per heavy atom. The molecule has 0 aliphatic carbocycles. The van der Waals surface area contributed by atoms with Gasteiger partial charge in [0, 0.05) is 19.1 Å². The minimum atomic E-state index is -3.07. The van der Waals surface area contributed by atoms with E-state index < -0.39 is 10.0 Å². The van der Waals surface area contributed by atoms with Gasteiger partial charge in [-0.05, 0) is 54.0 Å². The van der Waals surface area contributed by atoms with Crippen molar-refractivity contribution in [3.05, 3.63) is 22.4 Å². The highest BCUT2D eigenvalue weighted by molar-refractivity contribution is 7.88. The SMILES string of the molecule is CS(=O)(=O)N1CCCC(CC(Cc2ccsc2)NN)C1. The van der Waals surface area contributed by atoms with Gasteiger partial charge < -0.3 is 0 Å². The van der Waals surface area contributed by atoms with Gasteiger partial charge in [0.1, 0.15) is 0 Å². The van der Waals surface area contributed by atoms with E-state index in [2.05, 4.69) is 22.3 Å². The Hall–Kier alpha value is -0.470. The fourth-order valence-corrected chi connectivity index (χ4v) is 4.45. The predicted molar refractivity (Wildman–Crippen MR) is 82.9 cm³/mol. The third kappa shape index (κ3) is 4.53. The smallest absolute Gasteiger partial charge is 0.211 e. The summed E-state index contributed by atoms with van der Waals surface area (Å²) in [6.45, 7) is 1.28. The Kier molecular flexibility index (Phi) is 5.57. The maximum absolute atomic E-state index is 11.6. The largest absolute Gasteiger partial charge is 0.271 e. The number of hydrazine groups is 1. The molecule has 1 aromatic rings. The third-order valence-electron chi connectivity index (χ3n) is 3.87. The summed E-state index contributed by atoms with van der Waals surface area (Å²) in [7, 11) is -3.07. The van der Waals surface area contributed by atoms with Gasteiger partial charge in [0.05, 0.1) is 6.26 Å². The third-order valence-corrected chi connectivity index (χ3v) is 5.87. The molecule has 1 aromatic heterocycles. The first-order valence-electron chi connectivity index (χ1n) is 6.91. The molecule has 0 aromatic carbocycles. The van der Waals surface area contributed by atoms with Crippen molar-refractivity contribution in [2.45, 2.75) is 31.7 Å². The lowest BCUT2D eigenvalue weighted by Gasteiger charge is -2.32.